The van der Waals surface area contributed by atoms with Crippen LogP contribution in [0.1, 0.15) is 11.1 Å². The first-order valence-electron chi connectivity index (χ1n) is 9.07. The normalized spacial score (nSPS) is 11.3. The molecule has 0 unspecified atom stereocenters. The van der Waals surface area contributed by atoms with Crippen molar-refractivity contribution < 1.29 is 26.6 Å². The van der Waals surface area contributed by atoms with E-state index in [0.717, 1.165) is 21.5 Å². The molecule has 0 saturated carbocycles. The molecular weight excluding hydrogens is 416 g/mol. The smallest absolute Gasteiger partial charge is 0.373 e. The molecule has 0 N–H and O–H groups in total. The second-order valence-corrected chi connectivity index (χ2v) is 11.8. The Hall–Kier alpha value is -2.25. The molecular formula is C22H26O6Si2. The lowest BCUT2D eigenvalue weighted by molar-refractivity contribution is 0.140. The molecule has 0 aliphatic rings. The van der Waals surface area contributed by atoms with Gasteiger partial charge in [-0.05, 0) is 36.1 Å². The van der Waals surface area contributed by atoms with Gasteiger partial charge in [-0.15, -0.1) is 0 Å². The van der Waals surface area contributed by atoms with Gasteiger partial charge in [-0.1, -0.05) is 36.1 Å². The quantitative estimate of drug-likeness (QED) is 0.453. The Kier molecular flexibility index (Phi) is 8.99. The Bertz CT molecular complexity index is 832. The van der Waals surface area contributed by atoms with E-state index in [1.54, 1.807) is 42.7 Å². The predicted octanol–water partition coefficient (Wildman–Crippen LogP) is 1.26. The number of hydrogen-bond donors (Lipinski definition) is 0. The molecule has 6 nitrogen and oxygen atoms in total. The van der Waals surface area contributed by atoms with Crippen molar-refractivity contribution in [1.29, 1.82) is 0 Å². The van der Waals surface area contributed by atoms with Crippen LogP contribution >= 0.6 is 0 Å². The molecule has 0 aromatic heterocycles. The summed E-state index contributed by atoms with van der Waals surface area (Å²) in [6, 6.07) is 15.2. The molecule has 30 heavy (non-hydrogen) atoms. The average Bonchev–Trinajstić information content (AvgIpc) is 2.81. The lowest BCUT2D eigenvalue weighted by atomic mass is 10.2. The van der Waals surface area contributed by atoms with E-state index in [1.165, 1.54) is 0 Å². The van der Waals surface area contributed by atoms with Crippen LogP contribution < -0.4 is 10.4 Å². The maximum absolute atomic E-state index is 5.48. The zero-order chi connectivity index (χ0) is 22.0. The minimum atomic E-state index is -2.83. The largest absolute Gasteiger partial charge is 0.536 e. The van der Waals surface area contributed by atoms with E-state index in [2.05, 4.69) is 23.7 Å². The minimum absolute atomic E-state index is 0.839. The van der Waals surface area contributed by atoms with Crippen LogP contribution in [0.25, 0.3) is 0 Å². The van der Waals surface area contributed by atoms with Crippen molar-refractivity contribution in [1.82, 2.24) is 0 Å². The molecule has 0 bridgehead atoms. The van der Waals surface area contributed by atoms with Crippen molar-refractivity contribution in [2.75, 3.05) is 42.7 Å². The summed E-state index contributed by atoms with van der Waals surface area (Å²) in [4.78, 5) is 0. The zero-order valence-electron chi connectivity index (χ0n) is 18.1. The molecule has 0 atom stereocenters. The number of hydrogen-bond acceptors (Lipinski definition) is 6. The molecule has 158 valence electrons. The van der Waals surface area contributed by atoms with Crippen LogP contribution in [0.4, 0.5) is 0 Å². The standard InChI is InChI=1S/C22H26O6Si2/c1-23-29(24-2,25-3)21-15-11-19(12-16-21)9-7-8-10-20-13-17-22(18-14-20)30(26-4,27-5)28-6/h11-18H,1-6H3. The van der Waals surface area contributed by atoms with Crippen LogP contribution in [-0.4, -0.2) is 60.3 Å². The van der Waals surface area contributed by atoms with Gasteiger partial charge in [0.1, 0.15) is 0 Å². The van der Waals surface area contributed by atoms with Crippen LogP contribution in [0.15, 0.2) is 48.5 Å². The second kappa shape index (κ2) is 11.2. The summed E-state index contributed by atoms with van der Waals surface area (Å²) < 4.78 is 32.9. The third-order valence-electron chi connectivity index (χ3n) is 4.57. The molecule has 0 heterocycles. The topological polar surface area (TPSA) is 55.4 Å². The highest BCUT2D eigenvalue weighted by atomic mass is 28.4. The van der Waals surface area contributed by atoms with Gasteiger partial charge in [0.2, 0.25) is 0 Å². The molecule has 8 heteroatoms. The van der Waals surface area contributed by atoms with Crippen LogP contribution in [-0.2, 0) is 26.6 Å². The molecule has 0 saturated heterocycles. The first-order chi connectivity index (χ1) is 14.5. The summed E-state index contributed by atoms with van der Waals surface area (Å²) in [6.45, 7) is 0. The fourth-order valence-electron chi connectivity index (χ4n) is 2.93. The van der Waals surface area contributed by atoms with Gasteiger partial charge in [0.15, 0.2) is 0 Å². The highest BCUT2D eigenvalue weighted by Crippen LogP contribution is 2.09. The van der Waals surface area contributed by atoms with Gasteiger partial charge in [0, 0.05) is 64.2 Å². The molecule has 0 amide bonds. The fraction of sp³-hybridized carbons (Fsp3) is 0.273. The minimum Gasteiger partial charge on any atom is -0.373 e. The molecule has 0 aliphatic carbocycles. The summed E-state index contributed by atoms with van der Waals surface area (Å²) in [5, 5.41) is 1.74. The Labute approximate surface area is 180 Å². The van der Waals surface area contributed by atoms with Gasteiger partial charge in [-0.3, -0.25) is 0 Å². The summed E-state index contributed by atoms with van der Waals surface area (Å²) in [5.74, 6) is 11.8. The van der Waals surface area contributed by atoms with E-state index in [1.807, 2.05) is 48.5 Å². The van der Waals surface area contributed by atoms with Crippen LogP contribution in [0, 0.1) is 23.7 Å². The van der Waals surface area contributed by atoms with Crippen molar-refractivity contribution >= 4 is 28.0 Å². The molecule has 0 radical (unpaired) electrons. The molecule has 2 aromatic carbocycles. The van der Waals surface area contributed by atoms with Crippen molar-refractivity contribution in [3.05, 3.63) is 59.7 Å². The highest BCUT2D eigenvalue weighted by molar-refractivity contribution is 6.75. The van der Waals surface area contributed by atoms with Crippen LogP contribution in [0.2, 0.25) is 0 Å². The fourth-order valence-corrected chi connectivity index (χ4v) is 6.49. The van der Waals surface area contributed by atoms with E-state index in [4.69, 9.17) is 26.6 Å². The summed E-state index contributed by atoms with van der Waals surface area (Å²) in [6.07, 6.45) is 0. The summed E-state index contributed by atoms with van der Waals surface area (Å²) in [7, 11) is 3.83. The first kappa shape index (κ1) is 24.0. The number of rotatable bonds is 8. The first-order valence-corrected chi connectivity index (χ1v) is 12.5. The van der Waals surface area contributed by atoms with Gasteiger partial charge in [-0.2, -0.15) is 0 Å². The summed E-state index contributed by atoms with van der Waals surface area (Å²) in [5.41, 5.74) is 1.68. The van der Waals surface area contributed by atoms with E-state index >= 15 is 0 Å². The molecule has 2 rings (SSSR count). The Balaban J connectivity index is 2.12. The summed E-state index contributed by atoms with van der Waals surface area (Å²) >= 11 is 0. The molecule has 2 aromatic rings. The third-order valence-corrected chi connectivity index (χ3v) is 9.87. The van der Waals surface area contributed by atoms with E-state index in [-0.39, 0.29) is 0 Å². The van der Waals surface area contributed by atoms with Gasteiger partial charge < -0.3 is 26.6 Å². The third kappa shape index (κ3) is 5.26. The highest BCUT2D eigenvalue weighted by Gasteiger charge is 2.41. The Morgan fingerprint density at radius 3 is 0.967 bits per heavy atom. The number of benzene rings is 2. The molecule has 0 fully saturated rings. The lowest BCUT2D eigenvalue weighted by Gasteiger charge is -2.24. The van der Waals surface area contributed by atoms with Gasteiger partial charge in [-0.25, -0.2) is 0 Å². The van der Waals surface area contributed by atoms with E-state index in [9.17, 15) is 0 Å². The van der Waals surface area contributed by atoms with Crippen molar-refractivity contribution in [3.8, 4) is 23.7 Å². The van der Waals surface area contributed by atoms with Gasteiger partial charge >= 0.3 is 17.6 Å². The zero-order valence-corrected chi connectivity index (χ0v) is 20.1. The molecule has 0 spiro atoms. The maximum atomic E-state index is 5.48. The SMILES string of the molecule is CO[Si](OC)(OC)c1ccc(C#CC#Cc2ccc([Si](OC)(OC)OC)cc2)cc1. The lowest BCUT2D eigenvalue weighted by Crippen LogP contribution is -2.54. The van der Waals surface area contributed by atoms with Crippen LogP contribution in [0.5, 0.6) is 0 Å². The Morgan fingerprint density at radius 1 is 0.467 bits per heavy atom. The van der Waals surface area contributed by atoms with Crippen molar-refractivity contribution in [3.63, 3.8) is 0 Å². The average molecular weight is 443 g/mol. The molecule has 0 aliphatic heterocycles. The van der Waals surface area contributed by atoms with Crippen molar-refractivity contribution in [2.45, 2.75) is 0 Å². The van der Waals surface area contributed by atoms with E-state index in [0.29, 0.717) is 0 Å². The van der Waals surface area contributed by atoms with Gasteiger partial charge in [0.25, 0.3) is 0 Å². The van der Waals surface area contributed by atoms with Crippen molar-refractivity contribution in [2.24, 2.45) is 0 Å². The predicted molar refractivity (Wildman–Crippen MR) is 119 cm³/mol. The monoisotopic (exact) mass is 442 g/mol. The maximum Gasteiger partial charge on any atom is 0.536 e. The second-order valence-electron chi connectivity index (χ2n) is 5.99. The van der Waals surface area contributed by atoms with Gasteiger partial charge in [0.05, 0.1) is 0 Å². The van der Waals surface area contributed by atoms with Crippen LogP contribution in [0.3, 0.4) is 0 Å². The van der Waals surface area contributed by atoms with E-state index < -0.39 is 17.6 Å². The Morgan fingerprint density at radius 2 is 0.733 bits per heavy atom.